The van der Waals surface area contributed by atoms with Crippen molar-refractivity contribution >= 4 is 29.0 Å². The highest BCUT2D eigenvalue weighted by Crippen LogP contribution is 2.38. The lowest BCUT2D eigenvalue weighted by Crippen LogP contribution is -2.14. The van der Waals surface area contributed by atoms with Gasteiger partial charge in [-0.15, -0.1) is 0 Å². The van der Waals surface area contributed by atoms with Crippen molar-refractivity contribution in [3.8, 4) is 11.5 Å². The lowest BCUT2D eigenvalue weighted by molar-refractivity contribution is 0.101. The first-order valence-corrected chi connectivity index (χ1v) is 8.37. The molecule has 1 aliphatic rings. The van der Waals surface area contributed by atoms with E-state index < -0.39 is 0 Å². The highest BCUT2D eigenvalue weighted by molar-refractivity contribution is 6.34. The van der Waals surface area contributed by atoms with Crippen molar-refractivity contribution in [2.45, 2.75) is 27.2 Å². The minimum absolute atomic E-state index is 0.0843. The van der Waals surface area contributed by atoms with Crippen LogP contribution in [0.2, 0.25) is 5.02 Å². The molecule has 132 valence electrons. The highest BCUT2D eigenvalue weighted by Gasteiger charge is 2.21. The maximum absolute atomic E-state index is 12.6. The van der Waals surface area contributed by atoms with Crippen LogP contribution in [0.4, 0.5) is 5.69 Å². The molecular weight excluding hydrogens is 344 g/mol. The standard InChI is InChI=1S/C18H19ClN2O4/c1-9-16(11(3)22)10(2)20-17(9)18(23)21-13-8-15-14(7-12(13)19)24-5-4-6-25-15/h7-8,20H,4-6H2,1-3H3,(H,21,23). The molecule has 6 nitrogen and oxygen atoms in total. The van der Waals surface area contributed by atoms with Crippen molar-refractivity contribution in [1.29, 1.82) is 0 Å². The second-order valence-corrected chi connectivity index (χ2v) is 6.37. The lowest BCUT2D eigenvalue weighted by Gasteiger charge is -2.12. The zero-order valence-electron chi connectivity index (χ0n) is 14.3. The number of rotatable bonds is 3. The lowest BCUT2D eigenvalue weighted by atomic mass is 10.1. The van der Waals surface area contributed by atoms with E-state index in [0.29, 0.717) is 57.9 Å². The van der Waals surface area contributed by atoms with Gasteiger partial charge in [-0.25, -0.2) is 0 Å². The van der Waals surface area contributed by atoms with Crippen LogP contribution >= 0.6 is 11.6 Å². The molecule has 0 spiro atoms. The molecule has 0 unspecified atom stereocenters. The van der Waals surface area contributed by atoms with Crippen LogP contribution in [0.3, 0.4) is 0 Å². The third-order valence-electron chi connectivity index (χ3n) is 4.10. The topological polar surface area (TPSA) is 80.4 Å². The number of ether oxygens (including phenoxy) is 2. The molecule has 1 aromatic carbocycles. The molecule has 0 radical (unpaired) electrons. The summed E-state index contributed by atoms with van der Waals surface area (Å²) in [5, 5.41) is 3.12. The molecule has 0 saturated heterocycles. The second-order valence-electron chi connectivity index (χ2n) is 5.96. The van der Waals surface area contributed by atoms with Crippen LogP contribution in [-0.2, 0) is 0 Å². The van der Waals surface area contributed by atoms with Crippen molar-refractivity contribution in [3.63, 3.8) is 0 Å². The van der Waals surface area contributed by atoms with E-state index >= 15 is 0 Å². The third-order valence-corrected chi connectivity index (χ3v) is 4.41. The van der Waals surface area contributed by atoms with Gasteiger partial charge in [-0.2, -0.15) is 0 Å². The average Bonchev–Trinajstić information content (AvgIpc) is 2.70. The largest absolute Gasteiger partial charge is 0.490 e. The number of aryl methyl sites for hydroxylation is 1. The van der Waals surface area contributed by atoms with Crippen molar-refractivity contribution in [1.82, 2.24) is 4.98 Å². The number of anilines is 1. The number of ketones is 1. The van der Waals surface area contributed by atoms with Gasteiger partial charge in [-0.1, -0.05) is 11.6 Å². The van der Waals surface area contributed by atoms with Gasteiger partial charge in [0.15, 0.2) is 17.3 Å². The number of carbonyl (C=O) groups is 2. The third kappa shape index (κ3) is 3.35. The van der Waals surface area contributed by atoms with Crippen LogP contribution < -0.4 is 14.8 Å². The van der Waals surface area contributed by atoms with Gasteiger partial charge in [-0.3, -0.25) is 9.59 Å². The maximum Gasteiger partial charge on any atom is 0.272 e. The number of benzene rings is 1. The molecule has 1 aromatic heterocycles. The van der Waals surface area contributed by atoms with E-state index in [9.17, 15) is 9.59 Å². The number of fused-ring (bicyclic) bond motifs is 1. The van der Waals surface area contributed by atoms with E-state index in [1.165, 1.54) is 6.92 Å². The number of nitrogens with one attached hydrogen (secondary N) is 2. The van der Waals surface area contributed by atoms with Crippen molar-refractivity contribution in [3.05, 3.63) is 39.7 Å². The summed E-state index contributed by atoms with van der Waals surface area (Å²) in [7, 11) is 0. The van der Waals surface area contributed by atoms with E-state index in [-0.39, 0.29) is 11.7 Å². The number of H-pyrrole nitrogens is 1. The smallest absolute Gasteiger partial charge is 0.272 e. The summed E-state index contributed by atoms with van der Waals surface area (Å²) < 4.78 is 11.2. The minimum Gasteiger partial charge on any atom is -0.490 e. The fourth-order valence-electron chi connectivity index (χ4n) is 2.97. The number of hydrogen-bond acceptors (Lipinski definition) is 4. The fraction of sp³-hybridized carbons (Fsp3) is 0.333. The molecule has 25 heavy (non-hydrogen) atoms. The Balaban J connectivity index is 1.90. The van der Waals surface area contributed by atoms with E-state index in [0.717, 1.165) is 6.42 Å². The van der Waals surface area contributed by atoms with Crippen LogP contribution in [0.15, 0.2) is 12.1 Å². The Labute approximate surface area is 150 Å². The van der Waals surface area contributed by atoms with Gasteiger partial charge < -0.3 is 19.8 Å². The molecule has 3 rings (SSSR count). The van der Waals surface area contributed by atoms with Gasteiger partial charge in [0, 0.05) is 29.8 Å². The summed E-state index contributed by atoms with van der Waals surface area (Å²) in [5.74, 6) is 0.649. The number of carbonyl (C=O) groups excluding carboxylic acids is 2. The van der Waals surface area contributed by atoms with E-state index in [1.54, 1.807) is 26.0 Å². The number of aromatic amines is 1. The van der Waals surface area contributed by atoms with Gasteiger partial charge in [0.2, 0.25) is 0 Å². The van der Waals surface area contributed by atoms with E-state index in [4.69, 9.17) is 21.1 Å². The van der Waals surface area contributed by atoms with Gasteiger partial charge in [0.1, 0.15) is 5.69 Å². The molecular formula is C18H19ClN2O4. The Morgan fingerprint density at radius 3 is 2.40 bits per heavy atom. The predicted octanol–water partition coefficient (Wildman–Crippen LogP) is 3.90. The first kappa shape index (κ1) is 17.4. The molecule has 0 atom stereocenters. The van der Waals surface area contributed by atoms with Crippen LogP contribution in [0.25, 0.3) is 0 Å². The Kier molecular flexibility index (Phi) is 4.72. The molecule has 2 N–H and O–H groups in total. The monoisotopic (exact) mass is 362 g/mol. The zero-order valence-corrected chi connectivity index (χ0v) is 15.0. The zero-order chi connectivity index (χ0) is 18.1. The molecule has 2 heterocycles. The second kappa shape index (κ2) is 6.80. The molecule has 1 aliphatic heterocycles. The number of hydrogen-bond donors (Lipinski definition) is 2. The van der Waals surface area contributed by atoms with Crippen LogP contribution in [0.1, 0.15) is 45.4 Å². The number of aromatic nitrogens is 1. The molecule has 0 fully saturated rings. The Bertz CT molecular complexity index is 857. The Hall–Kier alpha value is -2.47. The average molecular weight is 363 g/mol. The van der Waals surface area contributed by atoms with Crippen molar-refractivity contribution < 1.29 is 19.1 Å². The number of Topliss-reactive ketones (excluding diaryl/α,β-unsaturated/α-hetero) is 1. The van der Waals surface area contributed by atoms with Crippen molar-refractivity contribution in [2.75, 3.05) is 18.5 Å². The summed E-state index contributed by atoms with van der Waals surface area (Å²) in [5.41, 5.74) is 2.58. The first-order valence-electron chi connectivity index (χ1n) is 7.99. The molecule has 2 aromatic rings. The normalized spacial score (nSPS) is 13.3. The van der Waals surface area contributed by atoms with Crippen LogP contribution in [-0.4, -0.2) is 29.9 Å². The van der Waals surface area contributed by atoms with Gasteiger partial charge in [-0.05, 0) is 26.3 Å². The van der Waals surface area contributed by atoms with E-state index in [2.05, 4.69) is 10.3 Å². The molecule has 0 aliphatic carbocycles. The minimum atomic E-state index is -0.371. The molecule has 7 heteroatoms. The summed E-state index contributed by atoms with van der Waals surface area (Å²) >= 11 is 6.26. The first-order chi connectivity index (χ1) is 11.9. The number of halogens is 1. The quantitative estimate of drug-likeness (QED) is 0.811. The Morgan fingerprint density at radius 1 is 1.16 bits per heavy atom. The summed E-state index contributed by atoms with van der Waals surface area (Å²) in [4.78, 5) is 27.3. The van der Waals surface area contributed by atoms with Gasteiger partial charge in [0.05, 0.1) is 23.9 Å². The van der Waals surface area contributed by atoms with Gasteiger partial charge in [0.25, 0.3) is 5.91 Å². The SMILES string of the molecule is CC(=O)c1c(C)[nH]c(C(=O)Nc2cc3c(cc2Cl)OCCCO3)c1C. The predicted molar refractivity (Wildman–Crippen MR) is 95.3 cm³/mol. The van der Waals surface area contributed by atoms with Crippen molar-refractivity contribution in [2.24, 2.45) is 0 Å². The fourth-order valence-corrected chi connectivity index (χ4v) is 3.17. The highest BCUT2D eigenvalue weighted by atomic mass is 35.5. The van der Waals surface area contributed by atoms with E-state index in [1.807, 2.05) is 0 Å². The Morgan fingerprint density at radius 2 is 1.80 bits per heavy atom. The molecule has 0 bridgehead atoms. The summed E-state index contributed by atoms with van der Waals surface area (Å²) in [6.45, 7) is 6.08. The maximum atomic E-state index is 12.6. The van der Waals surface area contributed by atoms with Crippen LogP contribution in [0.5, 0.6) is 11.5 Å². The molecule has 0 saturated carbocycles. The van der Waals surface area contributed by atoms with Crippen LogP contribution in [0, 0.1) is 13.8 Å². The summed E-state index contributed by atoms with van der Waals surface area (Å²) in [6.07, 6.45) is 0.781. The molecule has 1 amide bonds. The van der Waals surface area contributed by atoms with Gasteiger partial charge >= 0.3 is 0 Å². The summed E-state index contributed by atoms with van der Waals surface area (Å²) in [6, 6.07) is 3.28. The number of amides is 1.